The van der Waals surface area contributed by atoms with Gasteiger partial charge in [-0.05, 0) is 28.9 Å². The molecule has 1 amide bonds. The van der Waals surface area contributed by atoms with Crippen molar-refractivity contribution in [2.45, 2.75) is 13.8 Å². The zero-order valence-electron chi connectivity index (χ0n) is 11.2. The number of halogens is 1. The minimum atomic E-state index is -0.353. The highest BCUT2D eigenvalue weighted by molar-refractivity contribution is 9.10. The molecule has 0 radical (unpaired) electrons. The molecule has 0 saturated heterocycles. The standard InChI is InChI=1S/C13H17BrN2O3/c1-4-16(8-9(2)13(18)19-3)12(17)10-5-11(14)7-15-6-10/h5-7,9H,4,8H2,1-3H3. The summed E-state index contributed by atoms with van der Waals surface area (Å²) < 4.78 is 5.41. The van der Waals surface area contributed by atoms with Gasteiger partial charge in [0.2, 0.25) is 0 Å². The maximum atomic E-state index is 12.3. The summed E-state index contributed by atoms with van der Waals surface area (Å²) >= 11 is 3.28. The van der Waals surface area contributed by atoms with Crippen molar-refractivity contribution >= 4 is 27.8 Å². The summed E-state index contributed by atoms with van der Waals surface area (Å²) in [5, 5.41) is 0. The zero-order valence-corrected chi connectivity index (χ0v) is 12.8. The van der Waals surface area contributed by atoms with Crippen molar-refractivity contribution in [2.24, 2.45) is 5.92 Å². The van der Waals surface area contributed by atoms with Crippen molar-refractivity contribution < 1.29 is 14.3 Å². The maximum absolute atomic E-state index is 12.3. The minimum absolute atomic E-state index is 0.146. The molecule has 5 nitrogen and oxygen atoms in total. The smallest absolute Gasteiger partial charge is 0.310 e. The molecule has 1 atom stereocenters. The lowest BCUT2D eigenvalue weighted by Gasteiger charge is -2.23. The van der Waals surface area contributed by atoms with Crippen LogP contribution in [0.1, 0.15) is 24.2 Å². The van der Waals surface area contributed by atoms with Crippen LogP contribution < -0.4 is 0 Å². The topological polar surface area (TPSA) is 59.5 Å². The van der Waals surface area contributed by atoms with E-state index in [1.807, 2.05) is 6.92 Å². The van der Waals surface area contributed by atoms with Crippen LogP contribution in [-0.4, -0.2) is 42.0 Å². The molecule has 19 heavy (non-hydrogen) atoms. The molecule has 1 unspecified atom stereocenters. The second-order valence-corrected chi connectivity index (χ2v) is 5.08. The van der Waals surface area contributed by atoms with Gasteiger partial charge in [-0.2, -0.15) is 0 Å². The van der Waals surface area contributed by atoms with Gasteiger partial charge >= 0.3 is 5.97 Å². The van der Waals surface area contributed by atoms with Crippen LogP contribution in [0, 0.1) is 5.92 Å². The molecule has 0 fully saturated rings. The predicted molar refractivity (Wildman–Crippen MR) is 74.7 cm³/mol. The summed E-state index contributed by atoms with van der Waals surface area (Å²) in [5.41, 5.74) is 0.494. The van der Waals surface area contributed by atoms with Crippen LogP contribution in [0.3, 0.4) is 0 Å². The van der Waals surface area contributed by atoms with E-state index in [0.29, 0.717) is 18.7 Å². The van der Waals surface area contributed by atoms with Gasteiger partial charge in [0.1, 0.15) is 0 Å². The SMILES string of the molecule is CCN(CC(C)C(=O)OC)C(=O)c1cncc(Br)c1. The van der Waals surface area contributed by atoms with Crippen LogP contribution in [0.15, 0.2) is 22.9 Å². The fourth-order valence-electron chi connectivity index (χ4n) is 1.67. The highest BCUT2D eigenvalue weighted by Crippen LogP contribution is 2.13. The number of ether oxygens (including phenoxy) is 1. The van der Waals surface area contributed by atoms with E-state index in [-0.39, 0.29) is 17.8 Å². The summed E-state index contributed by atoms with van der Waals surface area (Å²) in [5.74, 6) is -0.820. The van der Waals surface area contributed by atoms with Crippen molar-refractivity contribution in [3.63, 3.8) is 0 Å². The maximum Gasteiger partial charge on any atom is 0.310 e. The van der Waals surface area contributed by atoms with Crippen LogP contribution in [-0.2, 0) is 9.53 Å². The van der Waals surface area contributed by atoms with E-state index < -0.39 is 0 Å². The average molecular weight is 329 g/mol. The van der Waals surface area contributed by atoms with Gasteiger partial charge in [-0.15, -0.1) is 0 Å². The number of amides is 1. The Hall–Kier alpha value is -1.43. The zero-order chi connectivity index (χ0) is 14.4. The van der Waals surface area contributed by atoms with Crippen molar-refractivity contribution in [3.8, 4) is 0 Å². The van der Waals surface area contributed by atoms with Gasteiger partial charge in [0.25, 0.3) is 5.91 Å². The molecule has 1 aromatic heterocycles. The lowest BCUT2D eigenvalue weighted by atomic mass is 10.1. The first-order chi connectivity index (χ1) is 8.99. The Balaban J connectivity index is 2.80. The number of hydrogen-bond donors (Lipinski definition) is 0. The lowest BCUT2D eigenvalue weighted by Crippen LogP contribution is -2.37. The Morgan fingerprint density at radius 1 is 1.47 bits per heavy atom. The summed E-state index contributed by atoms with van der Waals surface area (Å²) in [4.78, 5) is 29.3. The summed E-state index contributed by atoms with van der Waals surface area (Å²) in [6, 6.07) is 1.71. The van der Waals surface area contributed by atoms with Crippen LogP contribution in [0.2, 0.25) is 0 Å². The highest BCUT2D eigenvalue weighted by atomic mass is 79.9. The Bertz CT molecular complexity index is 465. The van der Waals surface area contributed by atoms with Gasteiger partial charge in [0.15, 0.2) is 0 Å². The number of carbonyl (C=O) groups is 2. The van der Waals surface area contributed by atoms with Gasteiger partial charge in [-0.3, -0.25) is 14.6 Å². The van der Waals surface area contributed by atoms with Crippen molar-refractivity contribution in [1.82, 2.24) is 9.88 Å². The molecule has 0 aromatic carbocycles. The van der Waals surface area contributed by atoms with Crippen LogP contribution in [0.25, 0.3) is 0 Å². The van der Waals surface area contributed by atoms with E-state index in [9.17, 15) is 9.59 Å². The van der Waals surface area contributed by atoms with Crippen LogP contribution in [0.4, 0.5) is 0 Å². The quantitative estimate of drug-likeness (QED) is 0.777. The van der Waals surface area contributed by atoms with Crippen LogP contribution >= 0.6 is 15.9 Å². The molecule has 6 heteroatoms. The first-order valence-electron chi connectivity index (χ1n) is 5.97. The molecule has 0 saturated carbocycles. The molecule has 0 aliphatic heterocycles. The molecule has 1 heterocycles. The third-order valence-electron chi connectivity index (χ3n) is 2.72. The molecule has 0 aliphatic rings. The lowest BCUT2D eigenvalue weighted by molar-refractivity contribution is -0.145. The number of methoxy groups -OCH3 is 1. The third kappa shape index (κ3) is 4.31. The Morgan fingerprint density at radius 2 is 2.16 bits per heavy atom. The Kier molecular flexibility index (Phi) is 5.95. The Labute approximate surface area is 121 Å². The second-order valence-electron chi connectivity index (χ2n) is 4.16. The summed E-state index contributed by atoms with van der Waals surface area (Å²) in [7, 11) is 1.34. The van der Waals surface area contributed by atoms with Crippen LogP contribution in [0.5, 0.6) is 0 Å². The van der Waals surface area contributed by atoms with Crippen molar-refractivity contribution in [2.75, 3.05) is 20.2 Å². The number of nitrogens with zero attached hydrogens (tertiary/aromatic N) is 2. The number of carbonyl (C=O) groups excluding carboxylic acids is 2. The monoisotopic (exact) mass is 328 g/mol. The molecule has 0 bridgehead atoms. The molecule has 1 rings (SSSR count). The average Bonchev–Trinajstić information content (AvgIpc) is 2.42. The number of rotatable bonds is 5. The molecule has 104 valence electrons. The van der Waals surface area contributed by atoms with Gasteiger partial charge in [-0.1, -0.05) is 6.92 Å². The fraction of sp³-hybridized carbons (Fsp3) is 0.462. The van der Waals surface area contributed by atoms with Gasteiger partial charge in [-0.25, -0.2) is 0 Å². The normalized spacial score (nSPS) is 11.8. The van der Waals surface area contributed by atoms with E-state index in [1.165, 1.54) is 13.3 Å². The van der Waals surface area contributed by atoms with Gasteiger partial charge in [0, 0.05) is 30.0 Å². The number of aromatic nitrogens is 1. The molecule has 1 aromatic rings. The van der Waals surface area contributed by atoms with E-state index in [0.717, 1.165) is 4.47 Å². The number of hydrogen-bond acceptors (Lipinski definition) is 4. The molecular formula is C13H17BrN2O3. The van der Waals surface area contributed by atoms with Crippen molar-refractivity contribution in [1.29, 1.82) is 0 Å². The molecular weight excluding hydrogens is 312 g/mol. The van der Waals surface area contributed by atoms with E-state index >= 15 is 0 Å². The van der Waals surface area contributed by atoms with E-state index in [1.54, 1.807) is 24.1 Å². The predicted octanol–water partition coefficient (Wildman–Crippen LogP) is 2.12. The summed E-state index contributed by atoms with van der Waals surface area (Å²) in [6.45, 7) is 4.45. The molecule has 0 aliphatic carbocycles. The second kappa shape index (κ2) is 7.23. The Morgan fingerprint density at radius 3 is 2.68 bits per heavy atom. The summed E-state index contributed by atoms with van der Waals surface area (Å²) in [6.07, 6.45) is 3.13. The third-order valence-corrected chi connectivity index (χ3v) is 3.15. The van der Waals surface area contributed by atoms with E-state index in [4.69, 9.17) is 0 Å². The number of esters is 1. The van der Waals surface area contributed by atoms with Gasteiger partial charge in [0.05, 0.1) is 18.6 Å². The minimum Gasteiger partial charge on any atom is -0.469 e. The number of pyridine rings is 1. The van der Waals surface area contributed by atoms with Crippen molar-refractivity contribution in [3.05, 3.63) is 28.5 Å². The highest BCUT2D eigenvalue weighted by Gasteiger charge is 2.21. The fourth-order valence-corrected chi connectivity index (χ4v) is 2.04. The molecule has 0 spiro atoms. The first kappa shape index (κ1) is 15.6. The van der Waals surface area contributed by atoms with Gasteiger partial charge < -0.3 is 9.64 Å². The largest absolute Gasteiger partial charge is 0.469 e. The first-order valence-corrected chi connectivity index (χ1v) is 6.76. The molecule has 0 N–H and O–H groups in total. The van der Waals surface area contributed by atoms with E-state index in [2.05, 4.69) is 25.7 Å².